The summed E-state index contributed by atoms with van der Waals surface area (Å²) in [6.45, 7) is 2.53. The molecule has 1 aromatic rings. The zero-order valence-corrected chi connectivity index (χ0v) is 13.1. The molecular formula is C11H14BrNO3S2. The minimum atomic E-state index is -3.45. The molecule has 0 radical (unpaired) electrons. The molecule has 1 aromatic carbocycles. The van der Waals surface area contributed by atoms with Crippen molar-refractivity contribution in [3.05, 3.63) is 28.2 Å². The van der Waals surface area contributed by atoms with Gasteiger partial charge in [0.05, 0.1) is 4.90 Å². The predicted molar refractivity (Wildman–Crippen MR) is 75.5 cm³/mol. The predicted octanol–water partition coefficient (Wildman–Crippen LogP) is 1.51. The first-order chi connectivity index (χ1) is 8.41. The van der Waals surface area contributed by atoms with Crippen LogP contribution in [0.5, 0.6) is 0 Å². The van der Waals surface area contributed by atoms with Crippen LogP contribution in [-0.2, 0) is 20.8 Å². The van der Waals surface area contributed by atoms with E-state index in [4.69, 9.17) is 0 Å². The van der Waals surface area contributed by atoms with Gasteiger partial charge in [-0.15, -0.1) is 0 Å². The second-order valence-corrected chi connectivity index (χ2v) is 8.65. The normalized spacial score (nSPS) is 19.0. The highest BCUT2D eigenvalue weighted by atomic mass is 79.9. The maximum absolute atomic E-state index is 12.4. The van der Waals surface area contributed by atoms with E-state index in [0.29, 0.717) is 29.5 Å². The average molecular weight is 352 g/mol. The Bertz CT molecular complexity index is 576. The molecule has 1 aliphatic heterocycles. The third-order valence-electron chi connectivity index (χ3n) is 2.90. The molecule has 18 heavy (non-hydrogen) atoms. The summed E-state index contributed by atoms with van der Waals surface area (Å²) in [5.41, 5.74) is 0.886. The number of aryl methyl sites for hydroxylation is 1. The lowest BCUT2D eigenvalue weighted by atomic mass is 10.2. The Morgan fingerprint density at radius 2 is 1.89 bits per heavy atom. The largest absolute Gasteiger partial charge is 0.259 e. The van der Waals surface area contributed by atoms with Crippen molar-refractivity contribution in [2.24, 2.45) is 0 Å². The Kier molecular flexibility index (Phi) is 4.25. The third kappa shape index (κ3) is 2.84. The zero-order valence-electron chi connectivity index (χ0n) is 9.93. The van der Waals surface area contributed by atoms with Gasteiger partial charge in [-0.3, -0.25) is 4.21 Å². The van der Waals surface area contributed by atoms with Crippen molar-refractivity contribution < 1.29 is 12.6 Å². The van der Waals surface area contributed by atoms with E-state index in [-0.39, 0.29) is 0 Å². The smallest absolute Gasteiger partial charge is 0.243 e. The van der Waals surface area contributed by atoms with Crippen LogP contribution < -0.4 is 0 Å². The topological polar surface area (TPSA) is 54.5 Å². The van der Waals surface area contributed by atoms with Gasteiger partial charge in [-0.1, -0.05) is 15.9 Å². The molecule has 1 saturated heterocycles. The first-order valence-electron chi connectivity index (χ1n) is 5.52. The summed E-state index contributed by atoms with van der Waals surface area (Å²) < 4.78 is 38.3. The number of benzene rings is 1. The van der Waals surface area contributed by atoms with E-state index >= 15 is 0 Å². The van der Waals surface area contributed by atoms with E-state index in [9.17, 15) is 12.6 Å². The minimum absolute atomic E-state index is 0.302. The summed E-state index contributed by atoms with van der Waals surface area (Å²) in [6.07, 6.45) is 0. The number of nitrogens with zero attached hydrogens (tertiary/aromatic N) is 1. The molecule has 0 atom stereocenters. The van der Waals surface area contributed by atoms with Crippen molar-refractivity contribution in [2.75, 3.05) is 24.6 Å². The number of halogens is 1. The Hall–Kier alpha value is -0.240. The summed E-state index contributed by atoms with van der Waals surface area (Å²) in [4.78, 5) is 0.302. The molecule has 0 bridgehead atoms. The molecule has 0 saturated carbocycles. The lowest BCUT2D eigenvalue weighted by molar-refractivity contribution is 0.438. The summed E-state index contributed by atoms with van der Waals surface area (Å²) in [7, 11) is -4.32. The monoisotopic (exact) mass is 351 g/mol. The maximum atomic E-state index is 12.4. The van der Waals surface area contributed by atoms with Crippen molar-refractivity contribution in [3.8, 4) is 0 Å². The van der Waals surface area contributed by atoms with Crippen LogP contribution in [0.3, 0.4) is 0 Å². The van der Waals surface area contributed by atoms with Gasteiger partial charge in [-0.2, -0.15) is 4.31 Å². The van der Waals surface area contributed by atoms with Crippen molar-refractivity contribution in [1.82, 2.24) is 4.31 Å². The first kappa shape index (κ1) is 14.2. The van der Waals surface area contributed by atoms with Gasteiger partial charge in [-0.05, 0) is 30.7 Å². The van der Waals surface area contributed by atoms with Crippen LogP contribution in [-0.4, -0.2) is 41.5 Å². The van der Waals surface area contributed by atoms with Crippen LogP contribution in [0.4, 0.5) is 0 Å². The van der Waals surface area contributed by atoms with Gasteiger partial charge < -0.3 is 0 Å². The second-order valence-electron chi connectivity index (χ2n) is 4.16. The fourth-order valence-corrected chi connectivity index (χ4v) is 4.85. The summed E-state index contributed by atoms with van der Waals surface area (Å²) in [6, 6.07) is 4.99. The van der Waals surface area contributed by atoms with Crippen LogP contribution in [0.1, 0.15) is 5.56 Å². The SMILES string of the molecule is Cc1cc(S(=O)(=O)N2CCS(=O)CC2)ccc1Br. The van der Waals surface area contributed by atoms with Gasteiger partial charge in [0.25, 0.3) is 0 Å². The van der Waals surface area contributed by atoms with E-state index in [0.717, 1.165) is 10.0 Å². The maximum Gasteiger partial charge on any atom is 0.243 e. The number of sulfonamides is 1. The minimum Gasteiger partial charge on any atom is -0.259 e. The van der Waals surface area contributed by atoms with Gasteiger partial charge >= 0.3 is 0 Å². The first-order valence-corrected chi connectivity index (χ1v) is 9.24. The number of hydrogen-bond donors (Lipinski definition) is 0. The van der Waals surface area contributed by atoms with Gasteiger partial charge in [0, 0.05) is 39.9 Å². The Labute approximate surface area is 118 Å². The van der Waals surface area contributed by atoms with Crippen LogP contribution >= 0.6 is 15.9 Å². The van der Waals surface area contributed by atoms with E-state index in [1.807, 2.05) is 6.92 Å². The molecular weight excluding hydrogens is 338 g/mol. The molecule has 0 amide bonds. The molecule has 2 rings (SSSR count). The molecule has 100 valence electrons. The molecule has 7 heteroatoms. The third-order valence-corrected chi connectivity index (χ3v) is 6.96. The van der Waals surface area contributed by atoms with Gasteiger partial charge in [-0.25, -0.2) is 8.42 Å². The lowest BCUT2D eigenvalue weighted by Crippen LogP contribution is -2.41. The quantitative estimate of drug-likeness (QED) is 0.811. The molecule has 0 aliphatic carbocycles. The highest BCUT2D eigenvalue weighted by Gasteiger charge is 2.28. The lowest BCUT2D eigenvalue weighted by Gasteiger charge is -2.25. The Balaban J connectivity index is 2.30. The summed E-state index contributed by atoms with van der Waals surface area (Å²) >= 11 is 3.35. The second kappa shape index (κ2) is 5.40. The molecule has 1 fully saturated rings. The van der Waals surface area contributed by atoms with Gasteiger partial charge in [0.2, 0.25) is 10.0 Å². The van der Waals surface area contributed by atoms with E-state index in [2.05, 4.69) is 15.9 Å². The molecule has 0 spiro atoms. The van der Waals surface area contributed by atoms with Crippen molar-refractivity contribution in [2.45, 2.75) is 11.8 Å². The number of rotatable bonds is 2. The van der Waals surface area contributed by atoms with Gasteiger partial charge in [0.1, 0.15) is 0 Å². The van der Waals surface area contributed by atoms with Crippen molar-refractivity contribution in [3.63, 3.8) is 0 Å². The average Bonchev–Trinajstić information content (AvgIpc) is 2.33. The van der Waals surface area contributed by atoms with Crippen LogP contribution in [0.15, 0.2) is 27.6 Å². The molecule has 0 N–H and O–H groups in total. The van der Waals surface area contributed by atoms with E-state index < -0.39 is 20.8 Å². The standard InChI is InChI=1S/C11H14BrNO3S2/c1-9-8-10(2-3-11(9)12)18(15,16)13-4-6-17(14)7-5-13/h2-3,8H,4-7H2,1H3. The van der Waals surface area contributed by atoms with E-state index in [1.165, 1.54) is 4.31 Å². The van der Waals surface area contributed by atoms with Crippen LogP contribution in [0.25, 0.3) is 0 Å². The van der Waals surface area contributed by atoms with Crippen LogP contribution in [0.2, 0.25) is 0 Å². The van der Waals surface area contributed by atoms with E-state index in [1.54, 1.807) is 18.2 Å². The molecule has 1 heterocycles. The summed E-state index contributed by atoms with van der Waals surface area (Å²) in [5.74, 6) is 0.851. The highest BCUT2D eigenvalue weighted by molar-refractivity contribution is 9.10. The highest BCUT2D eigenvalue weighted by Crippen LogP contribution is 2.23. The number of hydrogen-bond acceptors (Lipinski definition) is 3. The molecule has 4 nitrogen and oxygen atoms in total. The Morgan fingerprint density at radius 3 is 2.44 bits per heavy atom. The van der Waals surface area contributed by atoms with Crippen molar-refractivity contribution in [1.29, 1.82) is 0 Å². The van der Waals surface area contributed by atoms with Crippen LogP contribution in [0, 0.1) is 6.92 Å². The molecule has 0 aromatic heterocycles. The van der Waals surface area contributed by atoms with Crippen molar-refractivity contribution >= 4 is 36.8 Å². The zero-order chi connectivity index (χ0) is 13.3. The fourth-order valence-electron chi connectivity index (χ4n) is 1.79. The van der Waals surface area contributed by atoms with Gasteiger partial charge in [0.15, 0.2) is 0 Å². The fraction of sp³-hybridized carbons (Fsp3) is 0.455. The molecule has 1 aliphatic rings. The Morgan fingerprint density at radius 1 is 1.28 bits per heavy atom. The molecule has 0 unspecified atom stereocenters. The summed E-state index contributed by atoms with van der Waals surface area (Å²) in [5, 5.41) is 0.